The Bertz CT molecular complexity index is 1090. The summed E-state index contributed by atoms with van der Waals surface area (Å²) in [5.74, 6) is -1.33. The molecule has 28 heavy (non-hydrogen) atoms. The smallest absolute Gasteiger partial charge is 0.229 e. The second-order valence-corrected chi connectivity index (χ2v) is 8.37. The van der Waals surface area contributed by atoms with Crippen molar-refractivity contribution in [1.82, 2.24) is 4.98 Å². The van der Waals surface area contributed by atoms with Crippen LogP contribution >= 0.6 is 34.5 Å². The average Bonchev–Trinajstić information content (AvgIpc) is 3.41. The van der Waals surface area contributed by atoms with E-state index in [4.69, 9.17) is 27.9 Å². The number of hydrogen-bond donors (Lipinski definition) is 1. The van der Waals surface area contributed by atoms with Crippen molar-refractivity contribution in [3.05, 3.63) is 51.5 Å². The van der Waals surface area contributed by atoms with Gasteiger partial charge in [-0.2, -0.15) is 0 Å². The number of hydrogen-bond acceptors (Lipinski definition) is 4. The lowest BCUT2D eigenvalue weighted by atomic mass is 10.1. The second-order valence-electron chi connectivity index (χ2n) is 6.55. The maximum Gasteiger partial charge on any atom is 0.229 e. The number of anilines is 1. The molecule has 4 rings (SSSR count). The number of amides is 1. The highest BCUT2D eigenvalue weighted by Crippen LogP contribution is 2.38. The number of nitrogens with one attached hydrogen (secondary N) is 1. The molecule has 9 heteroatoms. The molecular formula is C19H14Cl2F2N2O2S. The van der Waals surface area contributed by atoms with Gasteiger partial charge < -0.3 is 10.1 Å². The molecule has 0 saturated heterocycles. The molecule has 1 aliphatic rings. The van der Waals surface area contributed by atoms with Gasteiger partial charge in [-0.1, -0.05) is 34.5 Å². The third-order valence-electron chi connectivity index (χ3n) is 4.41. The molecule has 146 valence electrons. The van der Waals surface area contributed by atoms with Gasteiger partial charge >= 0.3 is 0 Å². The van der Waals surface area contributed by atoms with Crippen LogP contribution in [0.3, 0.4) is 0 Å². The van der Waals surface area contributed by atoms with E-state index in [1.807, 2.05) is 0 Å². The number of carbonyl (C=O) groups excluding carboxylic acids is 1. The Morgan fingerprint density at radius 2 is 2.04 bits per heavy atom. The SMILES string of the molecule is CC(Oc1cc2sc(NC(=O)C3CC3)nc2cc1F)c1c(Cl)ccc(F)c1Cl. The van der Waals surface area contributed by atoms with E-state index in [9.17, 15) is 13.6 Å². The minimum atomic E-state index is -0.787. The van der Waals surface area contributed by atoms with Crippen LogP contribution in [0, 0.1) is 17.6 Å². The number of carbonyl (C=O) groups is 1. The molecule has 1 saturated carbocycles. The quantitative estimate of drug-likeness (QED) is 0.467. The molecular weight excluding hydrogens is 429 g/mol. The van der Waals surface area contributed by atoms with E-state index in [1.54, 1.807) is 6.92 Å². The number of halogens is 4. The topological polar surface area (TPSA) is 51.2 Å². The fourth-order valence-corrected chi connectivity index (χ4v) is 4.35. The summed E-state index contributed by atoms with van der Waals surface area (Å²) in [5.41, 5.74) is 0.653. The van der Waals surface area contributed by atoms with Crippen molar-refractivity contribution in [2.45, 2.75) is 25.9 Å². The van der Waals surface area contributed by atoms with Gasteiger partial charge in [0.2, 0.25) is 5.91 Å². The molecule has 0 aliphatic heterocycles. The summed E-state index contributed by atoms with van der Waals surface area (Å²) in [6, 6.07) is 5.25. The minimum Gasteiger partial charge on any atom is -0.483 e. The average molecular weight is 443 g/mol. The third kappa shape index (κ3) is 3.79. The Kier molecular flexibility index (Phi) is 5.16. The van der Waals surface area contributed by atoms with Gasteiger partial charge in [-0.25, -0.2) is 13.8 Å². The standard InChI is InChI=1S/C19H14Cl2F2N2O2S/c1-8(16-10(20)4-5-11(22)17(16)21)27-14-7-15-13(6-12(14)23)24-19(28-15)25-18(26)9-2-3-9/h4-9H,2-3H2,1H3,(H,24,25,26). The lowest BCUT2D eigenvalue weighted by Gasteiger charge is -2.18. The van der Waals surface area contributed by atoms with Crippen LogP contribution in [-0.2, 0) is 4.79 Å². The summed E-state index contributed by atoms with van der Waals surface area (Å²) in [6.45, 7) is 1.60. The van der Waals surface area contributed by atoms with Gasteiger partial charge in [0.1, 0.15) is 11.9 Å². The molecule has 0 radical (unpaired) electrons. The van der Waals surface area contributed by atoms with Gasteiger partial charge in [-0.3, -0.25) is 4.79 Å². The van der Waals surface area contributed by atoms with Crippen molar-refractivity contribution in [3.63, 3.8) is 0 Å². The summed E-state index contributed by atoms with van der Waals surface area (Å²) < 4.78 is 34.6. The fraction of sp³-hybridized carbons (Fsp3) is 0.263. The first-order valence-corrected chi connectivity index (χ1v) is 10.1. The number of aromatic nitrogens is 1. The second kappa shape index (κ2) is 7.46. The van der Waals surface area contributed by atoms with Crippen molar-refractivity contribution in [2.24, 2.45) is 5.92 Å². The summed E-state index contributed by atoms with van der Waals surface area (Å²) in [5, 5.41) is 3.22. The van der Waals surface area contributed by atoms with Gasteiger partial charge in [0.25, 0.3) is 0 Å². The molecule has 0 bridgehead atoms. The first-order chi connectivity index (χ1) is 13.3. The van der Waals surface area contributed by atoms with E-state index < -0.39 is 17.7 Å². The summed E-state index contributed by atoms with van der Waals surface area (Å²) in [4.78, 5) is 16.1. The van der Waals surface area contributed by atoms with E-state index in [0.29, 0.717) is 15.3 Å². The van der Waals surface area contributed by atoms with Gasteiger partial charge in [0, 0.05) is 28.6 Å². The molecule has 1 aromatic heterocycles. The van der Waals surface area contributed by atoms with Crippen LogP contribution in [0.15, 0.2) is 24.3 Å². The Morgan fingerprint density at radius 3 is 2.75 bits per heavy atom. The first kappa shape index (κ1) is 19.4. The van der Waals surface area contributed by atoms with E-state index in [-0.39, 0.29) is 33.2 Å². The fourth-order valence-electron chi connectivity index (χ4n) is 2.79. The van der Waals surface area contributed by atoms with Crippen molar-refractivity contribution in [2.75, 3.05) is 5.32 Å². The lowest BCUT2D eigenvalue weighted by Crippen LogP contribution is -2.12. The lowest BCUT2D eigenvalue weighted by molar-refractivity contribution is -0.117. The van der Waals surface area contributed by atoms with Gasteiger partial charge in [-0.15, -0.1) is 0 Å². The van der Waals surface area contributed by atoms with Gasteiger partial charge in [0.15, 0.2) is 16.7 Å². The first-order valence-electron chi connectivity index (χ1n) is 8.54. The zero-order valence-corrected chi connectivity index (χ0v) is 16.9. The number of fused-ring (bicyclic) bond motifs is 1. The summed E-state index contributed by atoms with van der Waals surface area (Å²) in [7, 11) is 0. The van der Waals surface area contributed by atoms with Crippen LogP contribution in [0.1, 0.15) is 31.4 Å². The predicted molar refractivity (Wildman–Crippen MR) is 106 cm³/mol. The van der Waals surface area contributed by atoms with Gasteiger partial charge in [0.05, 0.1) is 15.2 Å². The molecule has 1 amide bonds. The largest absolute Gasteiger partial charge is 0.483 e. The van der Waals surface area contributed by atoms with Crippen molar-refractivity contribution in [1.29, 1.82) is 0 Å². The number of rotatable bonds is 5. The zero-order chi connectivity index (χ0) is 20.0. The van der Waals surface area contributed by atoms with E-state index in [2.05, 4.69) is 10.3 Å². The molecule has 1 N–H and O–H groups in total. The Balaban J connectivity index is 1.60. The van der Waals surface area contributed by atoms with Crippen LogP contribution in [0.4, 0.5) is 13.9 Å². The van der Waals surface area contributed by atoms with Crippen LogP contribution in [0.2, 0.25) is 10.0 Å². The van der Waals surface area contributed by atoms with E-state index in [0.717, 1.165) is 18.9 Å². The highest BCUT2D eigenvalue weighted by atomic mass is 35.5. The van der Waals surface area contributed by atoms with Crippen LogP contribution in [0.5, 0.6) is 5.75 Å². The van der Waals surface area contributed by atoms with Crippen LogP contribution in [-0.4, -0.2) is 10.9 Å². The molecule has 1 aliphatic carbocycles. The normalized spacial score (nSPS) is 14.9. The molecule has 2 aromatic carbocycles. The maximum atomic E-state index is 14.5. The number of nitrogens with zero attached hydrogens (tertiary/aromatic N) is 1. The van der Waals surface area contributed by atoms with Crippen molar-refractivity contribution < 1.29 is 18.3 Å². The molecule has 1 unspecified atom stereocenters. The third-order valence-corrected chi connectivity index (χ3v) is 6.06. The van der Waals surface area contributed by atoms with Gasteiger partial charge in [-0.05, 0) is 31.9 Å². The Labute approximate surface area is 173 Å². The monoisotopic (exact) mass is 442 g/mol. The molecule has 0 spiro atoms. The molecule has 1 fully saturated rings. The van der Waals surface area contributed by atoms with Crippen LogP contribution in [0.25, 0.3) is 10.2 Å². The Morgan fingerprint density at radius 1 is 1.29 bits per heavy atom. The predicted octanol–water partition coefficient (Wildman–Crippen LogP) is 6.37. The zero-order valence-electron chi connectivity index (χ0n) is 14.6. The van der Waals surface area contributed by atoms with Crippen molar-refractivity contribution in [3.8, 4) is 5.75 Å². The molecule has 3 aromatic rings. The summed E-state index contributed by atoms with van der Waals surface area (Å²) >= 11 is 13.3. The highest BCUT2D eigenvalue weighted by molar-refractivity contribution is 7.22. The van der Waals surface area contributed by atoms with E-state index >= 15 is 0 Å². The summed E-state index contributed by atoms with van der Waals surface area (Å²) in [6.07, 6.45) is 0.975. The minimum absolute atomic E-state index is 0.0416. The number of ether oxygens (including phenoxy) is 1. The van der Waals surface area contributed by atoms with Crippen molar-refractivity contribution >= 4 is 55.8 Å². The molecule has 4 nitrogen and oxygen atoms in total. The Hall–Kier alpha value is -1.96. The number of benzene rings is 2. The van der Waals surface area contributed by atoms with E-state index in [1.165, 1.54) is 29.5 Å². The molecule has 1 atom stereocenters. The maximum absolute atomic E-state index is 14.5. The molecule has 1 heterocycles. The highest BCUT2D eigenvalue weighted by Gasteiger charge is 2.30. The van der Waals surface area contributed by atoms with Crippen LogP contribution < -0.4 is 10.1 Å². The number of thiazole rings is 1.